The van der Waals surface area contributed by atoms with Gasteiger partial charge in [-0.25, -0.2) is 0 Å². The van der Waals surface area contributed by atoms with Gasteiger partial charge in [-0.2, -0.15) is 0 Å². The molecule has 2 N–H and O–H groups in total. The zero-order valence-electron chi connectivity index (χ0n) is 11.7. The highest BCUT2D eigenvalue weighted by Gasteiger charge is 2.02. The molecule has 0 atom stereocenters. The van der Waals surface area contributed by atoms with E-state index in [-0.39, 0.29) is 5.91 Å². The maximum absolute atomic E-state index is 11.8. The monoisotopic (exact) mass is 303 g/mol. The molecule has 0 bridgehead atoms. The van der Waals surface area contributed by atoms with Gasteiger partial charge in [0.05, 0.1) is 0 Å². The first kappa shape index (κ1) is 15.5. The number of anilines is 1. The van der Waals surface area contributed by atoms with E-state index in [1.165, 1.54) is 5.56 Å². The molecule has 0 radical (unpaired) electrons. The predicted molar refractivity (Wildman–Crippen MR) is 85.3 cm³/mol. The summed E-state index contributed by atoms with van der Waals surface area (Å²) in [4.78, 5) is 15.7. The fourth-order valence-corrected chi connectivity index (χ4v) is 1.99. The van der Waals surface area contributed by atoms with Crippen LogP contribution in [-0.4, -0.2) is 17.4 Å². The molecule has 1 amide bonds. The van der Waals surface area contributed by atoms with Crippen molar-refractivity contribution in [2.75, 3.05) is 11.9 Å². The molecule has 0 aliphatic heterocycles. The van der Waals surface area contributed by atoms with E-state index in [0.717, 1.165) is 25.2 Å². The Morgan fingerprint density at radius 3 is 2.52 bits per heavy atom. The van der Waals surface area contributed by atoms with Gasteiger partial charge < -0.3 is 10.6 Å². The smallest absolute Gasteiger partial charge is 0.224 e. The van der Waals surface area contributed by atoms with Crippen LogP contribution in [0.3, 0.4) is 0 Å². The van der Waals surface area contributed by atoms with Crippen molar-refractivity contribution in [3.8, 4) is 0 Å². The molecule has 4 nitrogen and oxygen atoms in total. The highest BCUT2D eigenvalue weighted by Crippen LogP contribution is 2.13. The highest BCUT2D eigenvalue weighted by atomic mass is 35.5. The molecule has 2 rings (SSSR count). The zero-order valence-corrected chi connectivity index (χ0v) is 12.4. The average Bonchev–Trinajstić information content (AvgIpc) is 2.50. The number of rotatable bonds is 7. The van der Waals surface area contributed by atoms with E-state index >= 15 is 0 Å². The molecule has 21 heavy (non-hydrogen) atoms. The fraction of sp³-hybridized carbons (Fsp3) is 0.250. The number of nitrogens with zero attached hydrogens (tertiary/aromatic N) is 1. The van der Waals surface area contributed by atoms with Crippen LogP contribution >= 0.6 is 11.6 Å². The number of benzene rings is 1. The zero-order chi connectivity index (χ0) is 14.9. The van der Waals surface area contributed by atoms with Crippen LogP contribution in [-0.2, 0) is 11.3 Å². The van der Waals surface area contributed by atoms with Gasteiger partial charge in [-0.3, -0.25) is 9.78 Å². The first-order chi connectivity index (χ1) is 10.2. The van der Waals surface area contributed by atoms with E-state index in [1.54, 1.807) is 36.7 Å². The van der Waals surface area contributed by atoms with Crippen molar-refractivity contribution in [2.24, 2.45) is 0 Å². The van der Waals surface area contributed by atoms with Crippen molar-refractivity contribution in [1.29, 1.82) is 0 Å². The van der Waals surface area contributed by atoms with Crippen molar-refractivity contribution in [1.82, 2.24) is 10.3 Å². The summed E-state index contributed by atoms with van der Waals surface area (Å²) in [7, 11) is 0. The third-order valence-electron chi connectivity index (χ3n) is 2.96. The molecule has 110 valence electrons. The summed E-state index contributed by atoms with van der Waals surface area (Å²) >= 11 is 5.79. The van der Waals surface area contributed by atoms with E-state index in [0.29, 0.717) is 11.4 Å². The molecule has 1 aromatic heterocycles. The van der Waals surface area contributed by atoms with E-state index in [1.807, 2.05) is 12.1 Å². The lowest BCUT2D eigenvalue weighted by atomic mass is 10.2. The lowest BCUT2D eigenvalue weighted by Crippen LogP contribution is -2.18. The van der Waals surface area contributed by atoms with Crippen LogP contribution in [0.2, 0.25) is 5.02 Å². The minimum Gasteiger partial charge on any atom is -0.326 e. The summed E-state index contributed by atoms with van der Waals surface area (Å²) in [5.74, 6) is 0.0167. The highest BCUT2D eigenvalue weighted by molar-refractivity contribution is 6.30. The predicted octanol–water partition coefficient (Wildman–Crippen LogP) is 3.24. The average molecular weight is 304 g/mol. The molecule has 0 fully saturated rings. The van der Waals surface area contributed by atoms with E-state index in [2.05, 4.69) is 15.6 Å². The molecule has 0 aliphatic rings. The molecular formula is C16H18ClN3O. The summed E-state index contributed by atoms with van der Waals surface area (Å²) in [6.45, 7) is 1.59. The summed E-state index contributed by atoms with van der Waals surface area (Å²) in [5.41, 5.74) is 1.96. The minimum atomic E-state index is 0.0167. The van der Waals surface area contributed by atoms with Crippen LogP contribution < -0.4 is 10.6 Å². The molecule has 5 heteroatoms. The largest absolute Gasteiger partial charge is 0.326 e. The van der Waals surface area contributed by atoms with Crippen LogP contribution in [0.15, 0.2) is 48.8 Å². The maximum atomic E-state index is 11.8. The molecule has 0 spiro atoms. The number of halogens is 1. The number of carbonyl (C=O) groups is 1. The Labute approximate surface area is 129 Å². The van der Waals surface area contributed by atoms with Gasteiger partial charge in [-0.15, -0.1) is 0 Å². The normalized spacial score (nSPS) is 10.3. The molecular weight excluding hydrogens is 286 g/mol. The third-order valence-corrected chi connectivity index (χ3v) is 3.22. The number of nitrogens with one attached hydrogen (secondary N) is 2. The topological polar surface area (TPSA) is 54.0 Å². The van der Waals surface area contributed by atoms with Crippen LogP contribution in [0.1, 0.15) is 18.4 Å². The lowest BCUT2D eigenvalue weighted by molar-refractivity contribution is -0.116. The first-order valence-corrected chi connectivity index (χ1v) is 7.27. The molecule has 0 saturated carbocycles. The Hall–Kier alpha value is -1.91. The molecule has 0 aliphatic carbocycles. The Morgan fingerprint density at radius 2 is 1.81 bits per heavy atom. The van der Waals surface area contributed by atoms with Crippen molar-refractivity contribution in [2.45, 2.75) is 19.4 Å². The van der Waals surface area contributed by atoms with E-state index in [9.17, 15) is 4.79 Å². The molecule has 1 aromatic carbocycles. The van der Waals surface area contributed by atoms with Gasteiger partial charge in [0.15, 0.2) is 0 Å². The van der Waals surface area contributed by atoms with Gasteiger partial charge in [-0.1, -0.05) is 11.6 Å². The first-order valence-electron chi connectivity index (χ1n) is 6.89. The van der Waals surface area contributed by atoms with E-state index in [4.69, 9.17) is 11.6 Å². The summed E-state index contributed by atoms with van der Waals surface area (Å²) in [6, 6.07) is 11.0. The Kier molecular flexibility index (Phi) is 6.19. The second-order valence-corrected chi connectivity index (χ2v) is 5.13. The maximum Gasteiger partial charge on any atom is 0.224 e. The van der Waals surface area contributed by atoms with Crippen LogP contribution in [0.5, 0.6) is 0 Å². The van der Waals surface area contributed by atoms with Gasteiger partial charge >= 0.3 is 0 Å². The lowest BCUT2D eigenvalue weighted by Gasteiger charge is -2.06. The molecule has 2 aromatic rings. The number of amides is 1. The van der Waals surface area contributed by atoms with Crippen LogP contribution in [0.4, 0.5) is 5.69 Å². The number of pyridine rings is 1. The summed E-state index contributed by atoms with van der Waals surface area (Å²) in [6.07, 6.45) is 4.84. The SMILES string of the molecule is O=C(CCCNCc1ccncc1)Nc1ccc(Cl)cc1. The number of hydrogen-bond acceptors (Lipinski definition) is 3. The Bertz CT molecular complexity index is 557. The number of aromatic nitrogens is 1. The number of carbonyl (C=O) groups excluding carboxylic acids is 1. The molecule has 1 heterocycles. The standard InChI is InChI=1S/C16H18ClN3O/c17-14-3-5-15(6-4-14)20-16(21)2-1-9-19-12-13-7-10-18-11-8-13/h3-8,10-11,19H,1-2,9,12H2,(H,20,21). The fourth-order valence-electron chi connectivity index (χ4n) is 1.86. The van der Waals surface area contributed by atoms with Crippen molar-refractivity contribution >= 4 is 23.2 Å². The minimum absolute atomic E-state index is 0.0167. The van der Waals surface area contributed by atoms with Crippen molar-refractivity contribution in [3.63, 3.8) is 0 Å². The van der Waals surface area contributed by atoms with E-state index < -0.39 is 0 Å². The van der Waals surface area contributed by atoms with Crippen LogP contribution in [0.25, 0.3) is 0 Å². The van der Waals surface area contributed by atoms with Gasteiger partial charge in [0, 0.05) is 36.1 Å². The second-order valence-electron chi connectivity index (χ2n) is 4.69. The van der Waals surface area contributed by atoms with Gasteiger partial charge in [-0.05, 0) is 54.9 Å². The van der Waals surface area contributed by atoms with Gasteiger partial charge in [0.25, 0.3) is 0 Å². The Morgan fingerprint density at radius 1 is 1.10 bits per heavy atom. The molecule has 0 unspecified atom stereocenters. The van der Waals surface area contributed by atoms with Crippen molar-refractivity contribution < 1.29 is 4.79 Å². The molecule has 0 saturated heterocycles. The third kappa shape index (κ3) is 5.94. The second kappa shape index (κ2) is 8.39. The Balaban J connectivity index is 1.60. The van der Waals surface area contributed by atoms with Crippen LogP contribution in [0, 0.1) is 0 Å². The van der Waals surface area contributed by atoms with Gasteiger partial charge in [0.1, 0.15) is 0 Å². The number of hydrogen-bond donors (Lipinski definition) is 2. The summed E-state index contributed by atoms with van der Waals surface area (Å²) < 4.78 is 0. The summed E-state index contributed by atoms with van der Waals surface area (Å²) in [5, 5.41) is 6.81. The van der Waals surface area contributed by atoms with Crippen molar-refractivity contribution in [3.05, 3.63) is 59.4 Å². The van der Waals surface area contributed by atoms with Gasteiger partial charge in [0.2, 0.25) is 5.91 Å². The quantitative estimate of drug-likeness (QED) is 0.772.